The van der Waals surface area contributed by atoms with Crippen molar-refractivity contribution in [1.29, 1.82) is 0 Å². The number of nitrogens with zero attached hydrogens (tertiary/aromatic N) is 1. The van der Waals surface area contributed by atoms with Gasteiger partial charge < -0.3 is 20.5 Å². The Morgan fingerprint density at radius 3 is 2.86 bits per heavy atom. The van der Waals surface area contributed by atoms with Crippen molar-refractivity contribution in [2.75, 3.05) is 11.9 Å². The summed E-state index contributed by atoms with van der Waals surface area (Å²) in [6.07, 6.45) is 2.55. The van der Waals surface area contributed by atoms with E-state index >= 15 is 0 Å². The van der Waals surface area contributed by atoms with Gasteiger partial charge in [-0.25, -0.2) is 4.98 Å². The molecule has 0 radical (unpaired) electrons. The Hall–Kier alpha value is -2.31. The zero-order valence-electron chi connectivity index (χ0n) is 16.6. The number of rotatable bonds is 6. The molecule has 0 bridgehead atoms. The molecule has 1 aliphatic heterocycles. The number of nitrogens with two attached hydrogens (primary N) is 1. The van der Waals surface area contributed by atoms with Gasteiger partial charge in [0.05, 0.1) is 0 Å². The first-order valence-corrected chi connectivity index (χ1v) is 9.68. The molecule has 3 rings (SSSR count). The van der Waals surface area contributed by atoms with Crippen LogP contribution in [0.3, 0.4) is 0 Å². The van der Waals surface area contributed by atoms with Crippen LogP contribution in [0.15, 0.2) is 24.4 Å². The van der Waals surface area contributed by atoms with Crippen LogP contribution < -0.4 is 20.5 Å². The number of halogens is 1. The highest BCUT2D eigenvalue weighted by Crippen LogP contribution is 2.46. The molecule has 6 nitrogen and oxygen atoms in total. The molecular weight excluding hydrogens is 378 g/mol. The molecule has 1 atom stereocenters. The summed E-state index contributed by atoms with van der Waals surface area (Å²) in [5.41, 5.74) is 8.58. The maximum Gasteiger partial charge on any atom is 0.222 e. The molecule has 28 heavy (non-hydrogen) atoms. The summed E-state index contributed by atoms with van der Waals surface area (Å²) in [6.45, 7) is 8.39. The number of nitrogens with one attached hydrogen (secondary N) is 1. The van der Waals surface area contributed by atoms with Crippen LogP contribution in [0.1, 0.15) is 39.7 Å². The monoisotopic (exact) mass is 403 g/mol. The Kier molecular flexibility index (Phi) is 5.82. The molecule has 1 aromatic carbocycles. The molecule has 0 aliphatic carbocycles. The van der Waals surface area contributed by atoms with Crippen molar-refractivity contribution < 1.29 is 14.3 Å². The van der Waals surface area contributed by atoms with E-state index in [1.807, 2.05) is 25.1 Å². The molecule has 0 saturated carbocycles. The third-order valence-electron chi connectivity index (χ3n) is 4.45. The largest absolute Gasteiger partial charge is 0.490 e. The van der Waals surface area contributed by atoms with Gasteiger partial charge in [0.25, 0.3) is 0 Å². The second-order valence-electron chi connectivity index (χ2n) is 7.99. The second kappa shape index (κ2) is 7.97. The number of carbonyl (C=O) groups excluding carboxylic acids is 1. The average molecular weight is 404 g/mol. The highest BCUT2D eigenvalue weighted by atomic mass is 35.5. The third kappa shape index (κ3) is 4.56. The minimum atomic E-state index is -0.445. The smallest absolute Gasteiger partial charge is 0.222 e. The van der Waals surface area contributed by atoms with Gasteiger partial charge in [0.15, 0.2) is 0 Å². The molecule has 1 aliphatic rings. The predicted molar refractivity (Wildman–Crippen MR) is 111 cm³/mol. The van der Waals surface area contributed by atoms with Crippen molar-refractivity contribution in [3.8, 4) is 22.6 Å². The highest BCUT2D eigenvalue weighted by Gasteiger charge is 2.25. The number of aromatic nitrogens is 1. The molecule has 150 valence electrons. The lowest BCUT2D eigenvalue weighted by Crippen LogP contribution is -2.43. The molecule has 0 saturated heterocycles. The summed E-state index contributed by atoms with van der Waals surface area (Å²) >= 11 is 6.58. The van der Waals surface area contributed by atoms with Gasteiger partial charge in [-0.2, -0.15) is 0 Å². The van der Waals surface area contributed by atoms with E-state index in [1.165, 1.54) is 6.92 Å². The fourth-order valence-corrected chi connectivity index (χ4v) is 3.76. The first kappa shape index (κ1) is 20.4. The van der Waals surface area contributed by atoms with Crippen molar-refractivity contribution in [3.63, 3.8) is 0 Å². The van der Waals surface area contributed by atoms with Gasteiger partial charge >= 0.3 is 0 Å². The molecule has 0 spiro atoms. The molecule has 2 aromatic rings. The van der Waals surface area contributed by atoms with Crippen LogP contribution in [0.5, 0.6) is 11.5 Å². The molecule has 1 amide bonds. The van der Waals surface area contributed by atoms with E-state index in [9.17, 15) is 4.79 Å². The lowest BCUT2D eigenvalue weighted by molar-refractivity contribution is -0.114. The van der Waals surface area contributed by atoms with Gasteiger partial charge in [-0.15, -0.1) is 0 Å². The number of hydrogen-bond donors (Lipinski definition) is 2. The third-order valence-corrected chi connectivity index (χ3v) is 4.80. The lowest BCUT2D eigenvalue weighted by atomic mass is 9.93. The lowest BCUT2D eigenvalue weighted by Gasteiger charge is -2.28. The summed E-state index contributed by atoms with van der Waals surface area (Å²) in [5.74, 6) is 1.90. The Morgan fingerprint density at radius 1 is 1.43 bits per heavy atom. The van der Waals surface area contributed by atoms with Gasteiger partial charge in [-0.1, -0.05) is 25.4 Å². The Morgan fingerprint density at radius 2 is 2.18 bits per heavy atom. The fraction of sp³-hybridized carbons (Fsp3) is 0.429. The van der Waals surface area contributed by atoms with Crippen molar-refractivity contribution in [2.45, 2.75) is 46.3 Å². The van der Waals surface area contributed by atoms with Gasteiger partial charge in [0, 0.05) is 29.8 Å². The molecule has 7 heteroatoms. The average Bonchev–Trinajstić information content (AvgIpc) is 2.59. The van der Waals surface area contributed by atoms with E-state index in [-0.39, 0.29) is 5.91 Å². The number of benzene rings is 1. The zero-order valence-corrected chi connectivity index (χ0v) is 17.4. The van der Waals surface area contributed by atoms with Crippen LogP contribution in [-0.2, 0) is 11.4 Å². The van der Waals surface area contributed by atoms with Gasteiger partial charge in [0.1, 0.15) is 35.6 Å². The van der Waals surface area contributed by atoms with E-state index in [0.717, 1.165) is 23.1 Å². The number of carbonyl (C=O) groups is 1. The van der Waals surface area contributed by atoms with Crippen LogP contribution in [0, 0.1) is 5.92 Å². The van der Waals surface area contributed by atoms with E-state index in [2.05, 4.69) is 24.1 Å². The molecule has 0 fully saturated rings. The van der Waals surface area contributed by atoms with Gasteiger partial charge in [-0.3, -0.25) is 4.79 Å². The SMILES string of the molecule is CC(=O)Nc1cc2c(cn1)COc1c-2ccc(OC[C@@](C)(N)CC(C)C)c1Cl. The molecule has 2 heterocycles. The van der Waals surface area contributed by atoms with Crippen LogP contribution in [-0.4, -0.2) is 23.0 Å². The standard InChI is InChI=1S/C21H26ClN3O3/c1-12(2)8-21(4,23)11-28-17-6-5-15-16-7-18(25-13(3)26)24-9-14(16)10-27-20(15)19(17)22/h5-7,9,12H,8,10-11,23H2,1-4H3,(H,24,25,26)/t21-/m0/s1. The maximum absolute atomic E-state index is 11.3. The molecular formula is C21H26ClN3O3. The van der Waals surface area contributed by atoms with Gasteiger partial charge in [-0.05, 0) is 43.0 Å². The fourth-order valence-electron chi connectivity index (χ4n) is 3.48. The van der Waals surface area contributed by atoms with Crippen molar-refractivity contribution in [1.82, 2.24) is 4.98 Å². The Bertz CT molecular complexity index is 897. The van der Waals surface area contributed by atoms with Crippen LogP contribution >= 0.6 is 11.6 Å². The predicted octanol–water partition coefficient (Wildman–Crippen LogP) is 4.40. The number of amides is 1. The van der Waals surface area contributed by atoms with Crippen LogP contribution in [0.2, 0.25) is 5.02 Å². The minimum Gasteiger partial charge on any atom is -0.490 e. The number of hydrogen-bond acceptors (Lipinski definition) is 5. The van der Waals surface area contributed by atoms with Crippen LogP contribution in [0.25, 0.3) is 11.1 Å². The summed E-state index contributed by atoms with van der Waals surface area (Å²) in [6, 6.07) is 5.56. The van der Waals surface area contributed by atoms with E-state index < -0.39 is 5.54 Å². The van der Waals surface area contributed by atoms with Gasteiger partial charge in [0.2, 0.25) is 5.91 Å². The topological polar surface area (TPSA) is 86.5 Å². The first-order chi connectivity index (χ1) is 13.2. The first-order valence-electron chi connectivity index (χ1n) is 9.30. The Balaban J connectivity index is 1.87. The molecule has 3 N–H and O–H groups in total. The highest BCUT2D eigenvalue weighted by molar-refractivity contribution is 6.34. The Labute approximate surface area is 170 Å². The zero-order chi connectivity index (χ0) is 20.5. The van der Waals surface area contributed by atoms with E-state index in [0.29, 0.717) is 41.5 Å². The second-order valence-corrected chi connectivity index (χ2v) is 8.37. The minimum absolute atomic E-state index is 0.173. The van der Waals surface area contributed by atoms with E-state index in [1.54, 1.807) is 6.20 Å². The van der Waals surface area contributed by atoms with Crippen molar-refractivity contribution >= 4 is 23.3 Å². The quantitative estimate of drug-likeness (QED) is 0.746. The number of fused-ring (bicyclic) bond motifs is 3. The maximum atomic E-state index is 11.3. The molecule has 0 unspecified atom stereocenters. The summed E-state index contributed by atoms with van der Waals surface area (Å²) < 4.78 is 11.8. The number of pyridine rings is 1. The summed E-state index contributed by atoms with van der Waals surface area (Å²) in [7, 11) is 0. The van der Waals surface area contributed by atoms with Crippen LogP contribution in [0.4, 0.5) is 5.82 Å². The summed E-state index contributed by atoms with van der Waals surface area (Å²) in [5, 5.41) is 3.12. The number of ether oxygens (including phenoxy) is 2. The molecule has 1 aromatic heterocycles. The normalized spacial score (nSPS) is 14.5. The van der Waals surface area contributed by atoms with Crippen molar-refractivity contribution in [3.05, 3.63) is 35.0 Å². The number of anilines is 1. The summed E-state index contributed by atoms with van der Waals surface area (Å²) in [4.78, 5) is 15.6. The van der Waals surface area contributed by atoms with Crippen molar-refractivity contribution in [2.24, 2.45) is 11.7 Å². The van der Waals surface area contributed by atoms with E-state index in [4.69, 9.17) is 26.8 Å².